The number of rotatable bonds is 6. The quantitative estimate of drug-likeness (QED) is 0.558. The molecule has 2 amide bonds. The Bertz CT molecular complexity index is 1050. The zero-order chi connectivity index (χ0) is 25.2. The summed E-state index contributed by atoms with van der Waals surface area (Å²) in [5.41, 5.74) is 1.14. The molecule has 35 heavy (non-hydrogen) atoms. The van der Waals surface area contributed by atoms with Crippen molar-refractivity contribution >= 4 is 23.4 Å². The minimum Gasteiger partial charge on any atom is -0.392 e. The zero-order valence-electron chi connectivity index (χ0n) is 20.6. The number of carbonyl (C=O) groups is 2. The second kappa shape index (κ2) is 10.6. The van der Waals surface area contributed by atoms with Gasteiger partial charge in [-0.1, -0.05) is 50.6 Å². The lowest BCUT2D eigenvalue weighted by Crippen LogP contribution is -2.58. The van der Waals surface area contributed by atoms with Crippen molar-refractivity contribution in [2.75, 3.05) is 0 Å². The Morgan fingerprint density at radius 2 is 1.97 bits per heavy atom. The first kappa shape index (κ1) is 25.6. The van der Waals surface area contributed by atoms with Gasteiger partial charge < -0.3 is 15.7 Å². The van der Waals surface area contributed by atoms with E-state index in [2.05, 4.69) is 34.4 Å². The molecule has 7 atom stereocenters. The highest BCUT2D eigenvalue weighted by Crippen LogP contribution is 2.55. The third-order valence-corrected chi connectivity index (χ3v) is 8.84. The van der Waals surface area contributed by atoms with E-state index in [-0.39, 0.29) is 46.9 Å². The number of amides is 2. The van der Waals surface area contributed by atoms with Gasteiger partial charge in [-0.15, -0.1) is 0 Å². The standard InChI is InChI=1S/C27H35ClN4O3/c1-16(25(34)31-14-18-6-4-5-7-20(18)28)19-8-10-27(3)11-9-21(17(2)23(27)24(19)33)32-26(35)22-15-29-12-13-30-22/h4-7,12-13,15-17,19,21,23-24,33H,8-11,14H2,1-3H3,(H,31,34)(H,32,35). The first-order chi connectivity index (χ1) is 16.7. The normalized spacial score (nSPS) is 31.2. The van der Waals surface area contributed by atoms with E-state index in [1.165, 1.54) is 18.6 Å². The van der Waals surface area contributed by atoms with Crippen LogP contribution in [-0.2, 0) is 11.3 Å². The van der Waals surface area contributed by atoms with Gasteiger partial charge in [-0.05, 0) is 60.5 Å². The molecule has 8 heteroatoms. The van der Waals surface area contributed by atoms with Gasteiger partial charge in [-0.3, -0.25) is 14.6 Å². The monoisotopic (exact) mass is 498 g/mol. The number of aliphatic hydroxyl groups excluding tert-OH is 1. The maximum Gasteiger partial charge on any atom is 0.271 e. The summed E-state index contributed by atoms with van der Waals surface area (Å²) in [7, 11) is 0. The molecule has 0 radical (unpaired) electrons. The van der Waals surface area contributed by atoms with E-state index in [0.717, 1.165) is 31.2 Å². The minimum atomic E-state index is -0.624. The second-order valence-electron chi connectivity index (χ2n) is 10.5. The van der Waals surface area contributed by atoms with Crippen LogP contribution in [-0.4, -0.2) is 39.0 Å². The highest BCUT2D eigenvalue weighted by atomic mass is 35.5. The molecule has 188 valence electrons. The smallest absolute Gasteiger partial charge is 0.271 e. The van der Waals surface area contributed by atoms with Crippen molar-refractivity contribution in [1.82, 2.24) is 20.6 Å². The molecule has 0 aliphatic heterocycles. The van der Waals surface area contributed by atoms with Crippen molar-refractivity contribution < 1.29 is 14.7 Å². The fourth-order valence-electron chi connectivity index (χ4n) is 6.34. The lowest BCUT2D eigenvalue weighted by atomic mass is 9.51. The third kappa shape index (κ3) is 5.36. The van der Waals surface area contributed by atoms with Gasteiger partial charge >= 0.3 is 0 Å². The van der Waals surface area contributed by atoms with Gasteiger partial charge in [0.2, 0.25) is 5.91 Å². The molecule has 1 aromatic heterocycles. The Morgan fingerprint density at radius 1 is 1.23 bits per heavy atom. The van der Waals surface area contributed by atoms with Crippen molar-refractivity contribution in [3.63, 3.8) is 0 Å². The van der Waals surface area contributed by atoms with E-state index in [9.17, 15) is 14.7 Å². The highest BCUT2D eigenvalue weighted by molar-refractivity contribution is 6.31. The Labute approximate surface area is 212 Å². The topological polar surface area (TPSA) is 104 Å². The lowest BCUT2D eigenvalue weighted by Gasteiger charge is -2.56. The van der Waals surface area contributed by atoms with Gasteiger partial charge in [0.05, 0.1) is 12.3 Å². The summed E-state index contributed by atoms with van der Waals surface area (Å²) < 4.78 is 0. The highest BCUT2D eigenvalue weighted by Gasteiger charge is 2.53. The molecule has 0 saturated heterocycles. The Hall–Kier alpha value is -2.51. The van der Waals surface area contributed by atoms with Gasteiger partial charge in [-0.2, -0.15) is 0 Å². The van der Waals surface area contributed by atoms with E-state index < -0.39 is 6.10 Å². The minimum absolute atomic E-state index is 0.0130. The van der Waals surface area contributed by atoms with Crippen LogP contribution in [0, 0.1) is 29.1 Å². The van der Waals surface area contributed by atoms with E-state index in [1.807, 2.05) is 31.2 Å². The van der Waals surface area contributed by atoms with Crippen molar-refractivity contribution in [1.29, 1.82) is 0 Å². The van der Waals surface area contributed by atoms with Gasteiger partial charge in [-0.25, -0.2) is 4.98 Å². The third-order valence-electron chi connectivity index (χ3n) is 8.47. The van der Waals surface area contributed by atoms with Crippen LogP contribution in [0.1, 0.15) is 62.5 Å². The molecule has 0 bridgehead atoms. The van der Waals surface area contributed by atoms with Crippen LogP contribution < -0.4 is 10.6 Å². The summed E-state index contributed by atoms with van der Waals surface area (Å²) in [6.07, 6.45) is 7.41. The number of aromatic nitrogens is 2. The van der Waals surface area contributed by atoms with Crippen LogP contribution in [0.4, 0.5) is 0 Å². The summed E-state index contributed by atoms with van der Waals surface area (Å²) in [5, 5.41) is 18.3. The van der Waals surface area contributed by atoms with Gasteiger partial charge in [0, 0.05) is 35.9 Å². The molecule has 4 rings (SSSR count). The Morgan fingerprint density at radius 3 is 2.69 bits per heavy atom. The molecule has 2 aliphatic rings. The zero-order valence-corrected chi connectivity index (χ0v) is 21.3. The maximum absolute atomic E-state index is 13.0. The number of aliphatic hydroxyl groups is 1. The molecule has 1 heterocycles. The summed E-state index contributed by atoms with van der Waals surface area (Å²) in [6.45, 7) is 6.62. The molecule has 2 aliphatic carbocycles. The summed E-state index contributed by atoms with van der Waals surface area (Å²) >= 11 is 6.23. The number of carbonyl (C=O) groups excluding carboxylic acids is 2. The van der Waals surface area contributed by atoms with Crippen LogP contribution in [0.3, 0.4) is 0 Å². The summed E-state index contributed by atoms with van der Waals surface area (Å²) in [4.78, 5) is 33.8. The number of halogens is 1. The fourth-order valence-corrected chi connectivity index (χ4v) is 6.54. The first-order valence-corrected chi connectivity index (χ1v) is 12.8. The fraction of sp³-hybridized carbons (Fsp3) is 0.556. The van der Waals surface area contributed by atoms with Crippen LogP contribution in [0.2, 0.25) is 5.02 Å². The first-order valence-electron chi connectivity index (χ1n) is 12.5. The maximum atomic E-state index is 13.0. The SMILES string of the molecule is CC(C(=O)NCc1ccccc1Cl)C1CCC2(C)CCC(NC(=O)c3cnccn3)C(C)C2C1O. The second-order valence-corrected chi connectivity index (χ2v) is 10.9. The molecule has 3 N–H and O–H groups in total. The molecular formula is C27H35ClN4O3. The van der Waals surface area contributed by atoms with Crippen LogP contribution >= 0.6 is 11.6 Å². The van der Waals surface area contributed by atoms with Gasteiger partial charge in [0.15, 0.2) is 0 Å². The predicted molar refractivity (Wildman–Crippen MR) is 134 cm³/mol. The van der Waals surface area contributed by atoms with E-state index in [4.69, 9.17) is 11.6 Å². The predicted octanol–water partition coefficient (Wildman–Crippen LogP) is 4.00. The van der Waals surface area contributed by atoms with Crippen LogP contribution in [0.25, 0.3) is 0 Å². The largest absolute Gasteiger partial charge is 0.392 e. The average molecular weight is 499 g/mol. The number of fused-ring (bicyclic) bond motifs is 1. The number of nitrogens with one attached hydrogen (secondary N) is 2. The summed E-state index contributed by atoms with van der Waals surface area (Å²) in [5.74, 6) is -0.747. The van der Waals surface area contributed by atoms with Gasteiger partial charge in [0.25, 0.3) is 5.91 Å². The molecule has 2 fully saturated rings. The summed E-state index contributed by atoms with van der Waals surface area (Å²) in [6, 6.07) is 7.39. The number of nitrogens with zero attached hydrogens (tertiary/aromatic N) is 2. The van der Waals surface area contributed by atoms with E-state index >= 15 is 0 Å². The molecule has 7 nitrogen and oxygen atoms in total. The lowest BCUT2D eigenvalue weighted by molar-refractivity contribution is -0.142. The van der Waals surface area contributed by atoms with Gasteiger partial charge in [0.1, 0.15) is 5.69 Å². The van der Waals surface area contributed by atoms with Crippen molar-refractivity contribution in [3.8, 4) is 0 Å². The van der Waals surface area contributed by atoms with E-state index in [1.54, 1.807) is 0 Å². The van der Waals surface area contributed by atoms with Crippen molar-refractivity contribution in [2.24, 2.45) is 29.1 Å². The average Bonchev–Trinajstić information content (AvgIpc) is 2.85. The molecule has 2 aromatic rings. The van der Waals surface area contributed by atoms with E-state index in [0.29, 0.717) is 17.3 Å². The molecule has 2 saturated carbocycles. The van der Waals surface area contributed by atoms with Crippen LogP contribution in [0.5, 0.6) is 0 Å². The van der Waals surface area contributed by atoms with Crippen molar-refractivity contribution in [2.45, 2.75) is 65.1 Å². The Balaban J connectivity index is 1.43. The molecule has 7 unspecified atom stereocenters. The Kier molecular flexibility index (Phi) is 7.77. The number of hydrogen-bond donors (Lipinski definition) is 3. The van der Waals surface area contributed by atoms with Crippen LogP contribution in [0.15, 0.2) is 42.9 Å². The molecule has 0 spiro atoms. The number of benzene rings is 1. The van der Waals surface area contributed by atoms with Crippen molar-refractivity contribution in [3.05, 3.63) is 59.1 Å². The molecule has 1 aromatic carbocycles. The number of hydrogen-bond acceptors (Lipinski definition) is 5. The molecular weight excluding hydrogens is 464 g/mol.